The number of nitrogens with two attached hydrogens (primary N) is 1. The van der Waals surface area contributed by atoms with E-state index >= 15 is 0 Å². The molecule has 0 aliphatic carbocycles. The van der Waals surface area contributed by atoms with Gasteiger partial charge in [-0.05, 0) is 6.08 Å². The summed E-state index contributed by atoms with van der Waals surface area (Å²) in [5, 5.41) is 0. The van der Waals surface area contributed by atoms with Crippen molar-refractivity contribution >= 4 is 0 Å². The van der Waals surface area contributed by atoms with Gasteiger partial charge in [-0.15, -0.1) is 0 Å². The lowest BCUT2D eigenvalue weighted by atomic mass is 10.5. The van der Waals surface area contributed by atoms with Crippen LogP contribution in [0.2, 0.25) is 0 Å². The van der Waals surface area contributed by atoms with Gasteiger partial charge in [-0.1, -0.05) is 0 Å². The van der Waals surface area contributed by atoms with Crippen LogP contribution in [0.25, 0.3) is 0 Å². The minimum Gasteiger partial charge on any atom is -0.298 e. The predicted octanol–water partition coefficient (Wildman–Crippen LogP) is 1.36. The predicted molar refractivity (Wildman–Crippen MR) is 24.3 cm³/mol. The number of hydrogen-bond acceptors (Lipinski definition) is 1. The third kappa shape index (κ3) is 7.42. The summed E-state index contributed by atoms with van der Waals surface area (Å²) in [6.07, 6.45) is -6.51. The minimum atomic E-state index is -4.47. The molecule has 0 bridgehead atoms. The maximum atomic E-state index is 11.4. The highest BCUT2D eigenvalue weighted by Gasteiger charge is 2.22. The second kappa shape index (κ2) is 2.82. The van der Waals surface area contributed by atoms with Crippen LogP contribution in [0.3, 0.4) is 0 Å². The summed E-state index contributed by atoms with van der Waals surface area (Å²) in [6.45, 7) is 0. The van der Waals surface area contributed by atoms with Crippen LogP contribution in [0.1, 0.15) is 0 Å². The highest BCUT2D eigenvalue weighted by molar-refractivity contribution is 4.91. The molecule has 1 unspecified atom stereocenters. The molecule has 0 radical (unpaired) electrons. The van der Waals surface area contributed by atoms with Gasteiger partial charge in [-0.3, -0.25) is 5.73 Å². The van der Waals surface area contributed by atoms with Gasteiger partial charge >= 0.3 is 6.18 Å². The summed E-state index contributed by atoms with van der Waals surface area (Å²) in [5.41, 5.74) is 4.35. The van der Waals surface area contributed by atoms with E-state index < -0.39 is 12.5 Å². The molecule has 0 aromatic carbocycles. The third-order valence-corrected chi connectivity index (χ3v) is 0.469. The lowest BCUT2D eigenvalue weighted by Crippen LogP contribution is -2.11. The number of rotatable bonds is 1. The quantitative estimate of drug-likeness (QED) is 0.334. The molecule has 0 aromatic rings. The molecule has 5 heteroatoms. The number of halogens is 4. The Hall–Kier alpha value is -0.580. The van der Waals surface area contributed by atoms with E-state index in [2.05, 4.69) is 5.73 Å². The second-order valence-electron chi connectivity index (χ2n) is 1.35. The maximum Gasteiger partial charge on any atom is 0.409 e. The van der Waals surface area contributed by atoms with Gasteiger partial charge in [0.25, 0.3) is 0 Å². The monoisotopic (exact) mass is 143 g/mol. The molecule has 0 aromatic heterocycles. The van der Waals surface area contributed by atoms with Crippen molar-refractivity contribution in [1.82, 2.24) is 0 Å². The maximum absolute atomic E-state index is 11.4. The Morgan fingerprint density at radius 3 is 1.89 bits per heavy atom. The molecule has 1 atom stereocenters. The molecule has 0 spiro atoms. The topological polar surface area (TPSA) is 26.0 Å². The molecule has 2 N–H and O–H groups in total. The van der Waals surface area contributed by atoms with Crippen LogP contribution < -0.4 is 5.73 Å². The van der Waals surface area contributed by atoms with E-state index in [9.17, 15) is 17.6 Å². The fourth-order valence-corrected chi connectivity index (χ4v) is 0.201. The SMILES string of the molecule is NC(F)C=CC(F)(F)F. The van der Waals surface area contributed by atoms with Crippen molar-refractivity contribution < 1.29 is 17.6 Å². The van der Waals surface area contributed by atoms with Gasteiger partial charge in [0.05, 0.1) is 0 Å². The Bertz CT molecular complexity index is 104. The summed E-state index contributed by atoms with van der Waals surface area (Å²) in [6, 6.07) is 0. The fraction of sp³-hybridized carbons (Fsp3) is 0.500. The molecule has 9 heavy (non-hydrogen) atoms. The van der Waals surface area contributed by atoms with E-state index in [4.69, 9.17) is 0 Å². The van der Waals surface area contributed by atoms with E-state index in [-0.39, 0.29) is 12.2 Å². The molecule has 0 rings (SSSR count). The molecule has 1 nitrogen and oxygen atoms in total. The van der Waals surface area contributed by atoms with E-state index in [0.717, 1.165) is 0 Å². The molecule has 0 saturated heterocycles. The lowest BCUT2D eigenvalue weighted by molar-refractivity contribution is -0.0803. The Morgan fingerprint density at radius 2 is 1.78 bits per heavy atom. The van der Waals surface area contributed by atoms with E-state index in [1.165, 1.54) is 0 Å². The zero-order valence-electron chi connectivity index (χ0n) is 4.32. The molecule has 0 amide bonds. The second-order valence-corrected chi connectivity index (χ2v) is 1.35. The lowest BCUT2D eigenvalue weighted by Gasteiger charge is -1.96. The van der Waals surface area contributed by atoms with Crippen molar-refractivity contribution in [3.63, 3.8) is 0 Å². The third-order valence-electron chi connectivity index (χ3n) is 0.469. The average Bonchev–Trinajstić information content (AvgIpc) is 1.59. The number of alkyl halides is 4. The highest BCUT2D eigenvalue weighted by atomic mass is 19.4. The smallest absolute Gasteiger partial charge is 0.298 e. The molecular weight excluding hydrogens is 138 g/mol. The Balaban J connectivity index is 3.71. The van der Waals surface area contributed by atoms with Gasteiger partial charge in [0.2, 0.25) is 0 Å². The van der Waals surface area contributed by atoms with Gasteiger partial charge in [0.1, 0.15) is 0 Å². The summed E-state index contributed by atoms with van der Waals surface area (Å²) in [5.74, 6) is 0. The van der Waals surface area contributed by atoms with Gasteiger partial charge in [0.15, 0.2) is 6.30 Å². The highest BCUT2D eigenvalue weighted by Crippen LogP contribution is 2.15. The molecule has 0 heterocycles. The van der Waals surface area contributed by atoms with Crippen molar-refractivity contribution in [2.24, 2.45) is 5.73 Å². The van der Waals surface area contributed by atoms with E-state index in [1.54, 1.807) is 0 Å². The van der Waals surface area contributed by atoms with E-state index in [0.29, 0.717) is 0 Å². The first-order chi connectivity index (χ1) is 3.92. The first-order valence-electron chi connectivity index (χ1n) is 2.07. The Morgan fingerprint density at radius 1 is 1.33 bits per heavy atom. The van der Waals surface area contributed by atoms with Crippen LogP contribution in [-0.2, 0) is 0 Å². The Labute approximate surface area is 49.1 Å². The average molecular weight is 143 g/mol. The first-order valence-corrected chi connectivity index (χ1v) is 2.07. The van der Waals surface area contributed by atoms with E-state index in [1.807, 2.05) is 0 Å². The van der Waals surface area contributed by atoms with Crippen LogP contribution in [0.5, 0.6) is 0 Å². The van der Waals surface area contributed by atoms with Gasteiger partial charge in [-0.25, -0.2) is 4.39 Å². The normalized spacial score (nSPS) is 16.6. The first kappa shape index (κ1) is 8.42. The molecular formula is C4H5F4N. The molecule has 0 fully saturated rings. The molecule has 0 aliphatic heterocycles. The van der Waals surface area contributed by atoms with Crippen LogP contribution in [-0.4, -0.2) is 12.5 Å². The molecule has 54 valence electrons. The molecule has 0 aliphatic rings. The van der Waals surface area contributed by atoms with Crippen molar-refractivity contribution in [3.8, 4) is 0 Å². The van der Waals surface area contributed by atoms with Crippen molar-refractivity contribution in [1.29, 1.82) is 0 Å². The van der Waals surface area contributed by atoms with Gasteiger partial charge in [0, 0.05) is 6.08 Å². The van der Waals surface area contributed by atoms with Crippen molar-refractivity contribution in [3.05, 3.63) is 12.2 Å². The van der Waals surface area contributed by atoms with Gasteiger partial charge < -0.3 is 0 Å². The minimum absolute atomic E-state index is 0.236. The number of hydrogen-bond donors (Lipinski definition) is 1. The zero-order valence-corrected chi connectivity index (χ0v) is 4.32. The zero-order chi connectivity index (χ0) is 7.49. The van der Waals surface area contributed by atoms with Crippen LogP contribution in [0.15, 0.2) is 12.2 Å². The van der Waals surface area contributed by atoms with Crippen LogP contribution >= 0.6 is 0 Å². The van der Waals surface area contributed by atoms with Crippen molar-refractivity contribution in [2.45, 2.75) is 12.5 Å². The van der Waals surface area contributed by atoms with Crippen LogP contribution in [0.4, 0.5) is 17.6 Å². The number of allylic oxidation sites excluding steroid dienone is 1. The summed E-state index contributed by atoms with van der Waals surface area (Å²) < 4.78 is 44.7. The van der Waals surface area contributed by atoms with Crippen molar-refractivity contribution in [2.75, 3.05) is 0 Å². The largest absolute Gasteiger partial charge is 0.409 e. The summed E-state index contributed by atoms with van der Waals surface area (Å²) in [7, 11) is 0. The van der Waals surface area contributed by atoms with Crippen LogP contribution in [0, 0.1) is 0 Å². The van der Waals surface area contributed by atoms with Gasteiger partial charge in [-0.2, -0.15) is 13.2 Å². The fourth-order valence-electron chi connectivity index (χ4n) is 0.201. The summed E-state index contributed by atoms with van der Waals surface area (Å²) >= 11 is 0. The standard InChI is InChI=1S/C4H5F4N/c5-3(9)1-2-4(6,7)8/h1-3H,9H2. The molecule has 0 saturated carbocycles. The Kier molecular flexibility index (Phi) is 2.64. The summed E-state index contributed by atoms with van der Waals surface area (Å²) in [4.78, 5) is 0.